The first kappa shape index (κ1) is 17.2. The molecule has 1 aliphatic heterocycles. The van der Waals surface area contributed by atoms with Crippen molar-refractivity contribution in [3.8, 4) is 0 Å². The van der Waals surface area contributed by atoms with E-state index in [9.17, 15) is 19.1 Å². The van der Waals surface area contributed by atoms with Gasteiger partial charge in [-0.05, 0) is 30.5 Å². The molecular weight excluding hydrogens is 303 g/mol. The van der Waals surface area contributed by atoms with Gasteiger partial charge in [-0.2, -0.15) is 0 Å². The first-order valence-corrected chi connectivity index (χ1v) is 7.59. The Hall–Kier alpha value is -2.15. The van der Waals surface area contributed by atoms with Crippen molar-refractivity contribution in [2.45, 2.75) is 31.3 Å². The molecule has 3 N–H and O–H groups in total. The predicted molar refractivity (Wildman–Crippen MR) is 81.5 cm³/mol. The monoisotopic (exact) mass is 324 g/mol. The molecule has 6 nitrogen and oxygen atoms in total. The summed E-state index contributed by atoms with van der Waals surface area (Å²) in [5.74, 6) is -1.30. The lowest BCUT2D eigenvalue weighted by Crippen LogP contribution is -2.50. The number of hydrogen-bond acceptors (Lipinski definition) is 3. The standard InChI is InChI=1S/C16H21FN2O4/c17-13-3-1-2-12(10-13)11-16(23)5-8-19(9-6-16)15(22)18-7-4-14(20)21/h1-3,10,23H,4-9,11H2,(H,18,22)(H,20,21). The molecule has 1 aromatic carbocycles. The van der Waals surface area contributed by atoms with Gasteiger partial charge >= 0.3 is 12.0 Å². The Kier molecular flexibility index (Phi) is 5.54. The van der Waals surface area contributed by atoms with E-state index in [0.29, 0.717) is 32.4 Å². The van der Waals surface area contributed by atoms with Gasteiger partial charge in [0.25, 0.3) is 0 Å². The number of likely N-dealkylation sites (tertiary alicyclic amines) is 1. The van der Waals surface area contributed by atoms with Crippen molar-refractivity contribution in [2.75, 3.05) is 19.6 Å². The summed E-state index contributed by atoms with van der Waals surface area (Å²) in [6.07, 6.45) is 1.02. The fourth-order valence-electron chi connectivity index (χ4n) is 2.72. The Labute approximate surface area is 133 Å². The van der Waals surface area contributed by atoms with Crippen molar-refractivity contribution in [1.29, 1.82) is 0 Å². The number of carbonyl (C=O) groups excluding carboxylic acids is 1. The number of carboxylic acids is 1. The number of aliphatic hydroxyl groups is 1. The molecule has 0 unspecified atom stereocenters. The van der Waals surface area contributed by atoms with Gasteiger partial charge in [-0.3, -0.25) is 4.79 Å². The van der Waals surface area contributed by atoms with E-state index in [4.69, 9.17) is 5.11 Å². The molecule has 1 saturated heterocycles. The Morgan fingerprint density at radius 2 is 2.00 bits per heavy atom. The second kappa shape index (κ2) is 7.41. The van der Waals surface area contributed by atoms with Crippen LogP contribution in [0.1, 0.15) is 24.8 Å². The van der Waals surface area contributed by atoms with Gasteiger partial charge in [-0.1, -0.05) is 12.1 Å². The summed E-state index contributed by atoms with van der Waals surface area (Å²) in [5, 5.41) is 21.7. The predicted octanol–water partition coefficient (Wildman–Crippen LogP) is 1.38. The van der Waals surface area contributed by atoms with Crippen LogP contribution in [0.5, 0.6) is 0 Å². The third kappa shape index (κ3) is 5.21. The smallest absolute Gasteiger partial charge is 0.317 e. The maximum Gasteiger partial charge on any atom is 0.317 e. The highest BCUT2D eigenvalue weighted by Crippen LogP contribution is 2.26. The third-order valence-electron chi connectivity index (χ3n) is 4.02. The van der Waals surface area contributed by atoms with Crippen LogP contribution in [-0.4, -0.2) is 52.3 Å². The Balaban J connectivity index is 1.82. The molecular formula is C16H21FN2O4. The molecule has 0 bridgehead atoms. The van der Waals surface area contributed by atoms with Crippen LogP contribution in [0.2, 0.25) is 0 Å². The van der Waals surface area contributed by atoms with Crippen LogP contribution in [0.15, 0.2) is 24.3 Å². The van der Waals surface area contributed by atoms with Crippen LogP contribution in [0, 0.1) is 5.82 Å². The molecule has 0 radical (unpaired) electrons. The molecule has 1 heterocycles. The SMILES string of the molecule is O=C(O)CCNC(=O)N1CCC(O)(Cc2cccc(F)c2)CC1. The first-order chi connectivity index (χ1) is 10.9. The number of carbonyl (C=O) groups is 2. The molecule has 1 fully saturated rings. The van der Waals surface area contributed by atoms with Crippen LogP contribution in [-0.2, 0) is 11.2 Å². The minimum atomic E-state index is -0.964. The minimum Gasteiger partial charge on any atom is -0.481 e. The number of nitrogens with zero attached hydrogens (tertiary/aromatic N) is 1. The zero-order valence-electron chi connectivity index (χ0n) is 12.8. The number of urea groups is 1. The van der Waals surface area contributed by atoms with E-state index in [1.54, 1.807) is 17.0 Å². The van der Waals surface area contributed by atoms with Crippen molar-refractivity contribution < 1.29 is 24.2 Å². The summed E-state index contributed by atoms with van der Waals surface area (Å²) in [6.45, 7) is 0.841. The summed E-state index contributed by atoms with van der Waals surface area (Å²) in [6, 6.07) is 5.82. The molecule has 126 valence electrons. The molecule has 2 rings (SSSR count). The highest BCUT2D eigenvalue weighted by Gasteiger charge is 2.34. The minimum absolute atomic E-state index is 0.0816. The van der Waals surface area contributed by atoms with Crippen LogP contribution < -0.4 is 5.32 Å². The number of carboxylic acid groups (broad SMARTS) is 1. The summed E-state index contributed by atoms with van der Waals surface area (Å²) in [4.78, 5) is 23.9. The van der Waals surface area contributed by atoms with Gasteiger partial charge in [0.1, 0.15) is 5.82 Å². The van der Waals surface area contributed by atoms with Gasteiger partial charge in [0.15, 0.2) is 0 Å². The molecule has 7 heteroatoms. The number of rotatable bonds is 5. The number of hydrogen-bond donors (Lipinski definition) is 3. The van der Waals surface area contributed by atoms with E-state index in [1.807, 2.05) is 0 Å². The van der Waals surface area contributed by atoms with Gasteiger partial charge in [-0.25, -0.2) is 9.18 Å². The highest BCUT2D eigenvalue weighted by molar-refractivity contribution is 5.75. The Morgan fingerprint density at radius 1 is 1.30 bits per heavy atom. The van der Waals surface area contributed by atoms with E-state index >= 15 is 0 Å². The molecule has 0 spiro atoms. The van der Waals surface area contributed by atoms with Crippen molar-refractivity contribution in [2.24, 2.45) is 0 Å². The van der Waals surface area contributed by atoms with Gasteiger partial charge < -0.3 is 20.4 Å². The second-order valence-electron chi connectivity index (χ2n) is 5.89. The quantitative estimate of drug-likeness (QED) is 0.763. The number of amides is 2. The lowest BCUT2D eigenvalue weighted by atomic mass is 9.85. The van der Waals surface area contributed by atoms with Crippen LogP contribution >= 0.6 is 0 Å². The molecule has 0 saturated carbocycles. The highest BCUT2D eigenvalue weighted by atomic mass is 19.1. The normalized spacial score (nSPS) is 16.9. The molecule has 2 amide bonds. The van der Waals surface area contributed by atoms with E-state index < -0.39 is 11.6 Å². The van der Waals surface area contributed by atoms with E-state index in [-0.39, 0.29) is 24.8 Å². The zero-order chi connectivity index (χ0) is 16.9. The topological polar surface area (TPSA) is 89.9 Å². The lowest BCUT2D eigenvalue weighted by molar-refractivity contribution is -0.136. The number of benzene rings is 1. The van der Waals surface area contributed by atoms with Crippen molar-refractivity contribution in [3.05, 3.63) is 35.6 Å². The van der Waals surface area contributed by atoms with Crippen molar-refractivity contribution in [1.82, 2.24) is 10.2 Å². The summed E-state index contributed by atoms with van der Waals surface area (Å²) in [7, 11) is 0. The van der Waals surface area contributed by atoms with Crippen LogP contribution in [0.4, 0.5) is 9.18 Å². The third-order valence-corrected chi connectivity index (χ3v) is 4.02. The number of nitrogens with one attached hydrogen (secondary N) is 1. The molecule has 0 aliphatic carbocycles. The number of halogens is 1. The van der Waals surface area contributed by atoms with Crippen LogP contribution in [0.25, 0.3) is 0 Å². The average Bonchev–Trinajstić information content (AvgIpc) is 2.47. The van der Waals surface area contributed by atoms with E-state index in [2.05, 4.69) is 5.32 Å². The van der Waals surface area contributed by atoms with Gasteiger partial charge in [0, 0.05) is 26.1 Å². The second-order valence-corrected chi connectivity index (χ2v) is 5.89. The lowest BCUT2D eigenvalue weighted by Gasteiger charge is -2.38. The van der Waals surface area contributed by atoms with Crippen LogP contribution in [0.3, 0.4) is 0 Å². The number of piperidine rings is 1. The first-order valence-electron chi connectivity index (χ1n) is 7.59. The Bertz CT molecular complexity index is 571. The van der Waals surface area contributed by atoms with E-state index in [1.165, 1.54) is 12.1 Å². The molecule has 1 aromatic rings. The maximum atomic E-state index is 13.2. The number of aliphatic carboxylic acids is 1. The fraction of sp³-hybridized carbons (Fsp3) is 0.500. The van der Waals surface area contributed by atoms with Gasteiger partial charge in [0.05, 0.1) is 12.0 Å². The largest absolute Gasteiger partial charge is 0.481 e. The molecule has 0 aromatic heterocycles. The summed E-state index contributed by atoms with van der Waals surface area (Å²) >= 11 is 0. The van der Waals surface area contributed by atoms with E-state index in [0.717, 1.165) is 5.56 Å². The summed E-state index contributed by atoms with van der Waals surface area (Å²) < 4.78 is 13.2. The van der Waals surface area contributed by atoms with Crippen molar-refractivity contribution in [3.63, 3.8) is 0 Å². The average molecular weight is 324 g/mol. The van der Waals surface area contributed by atoms with Gasteiger partial charge in [0.2, 0.25) is 0 Å². The van der Waals surface area contributed by atoms with Gasteiger partial charge in [-0.15, -0.1) is 0 Å². The molecule has 0 atom stereocenters. The zero-order valence-corrected chi connectivity index (χ0v) is 12.8. The maximum absolute atomic E-state index is 13.2. The summed E-state index contributed by atoms with van der Waals surface area (Å²) in [5.41, 5.74) is -0.224. The Morgan fingerprint density at radius 3 is 2.61 bits per heavy atom. The molecule has 23 heavy (non-hydrogen) atoms. The molecule has 1 aliphatic rings. The van der Waals surface area contributed by atoms with Crippen molar-refractivity contribution >= 4 is 12.0 Å². The fourth-order valence-corrected chi connectivity index (χ4v) is 2.72.